The second-order valence-electron chi connectivity index (χ2n) is 3.68. The summed E-state index contributed by atoms with van der Waals surface area (Å²) in [5, 5.41) is 1.22. The van der Waals surface area contributed by atoms with Crippen LogP contribution in [0.4, 0.5) is 5.69 Å². The van der Waals surface area contributed by atoms with E-state index in [9.17, 15) is 13.2 Å². The Bertz CT molecular complexity index is 508. The summed E-state index contributed by atoms with van der Waals surface area (Å²) in [5.74, 6) is -0.577. The fraction of sp³-hybridized carbons (Fsp3) is 0.300. The van der Waals surface area contributed by atoms with Crippen LogP contribution >= 0.6 is 0 Å². The fourth-order valence-electron chi connectivity index (χ4n) is 1.41. The van der Waals surface area contributed by atoms with Gasteiger partial charge in [-0.1, -0.05) is 0 Å². The minimum atomic E-state index is -3.86. The van der Waals surface area contributed by atoms with Crippen molar-refractivity contribution in [2.75, 3.05) is 19.8 Å². The minimum Gasteiger partial charge on any atom is -0.399 e. The normalized spacial score (nSPS) is 11.5. The maximum Gasteiger partial charge on any atom is 0.280 e. The summed E-state index contributed by atoms with van der Waals surface area (Å²) in [7, 11) is -0.897. The standard InChI is InChI=1S/C10H15N3O3S/c1-8(14)13(12(2)3)17(15,16)10-6-4-9(11)5-7-10/h4-7H,11H2,1-3H3. The molecule has 0 heterocycles. The molecule has 0 aliphatic carbocycles. The van der Waals surface area contributed by atoms with E-state index in [2.05, 4.69) is 0 Å². The summed E-state index contributed by atoms with van der Waals surface area (Å²) in [6, 6.07) is 5.68. The first kappa shape index (κ1) is 13.5. The van der Waals surface area contributed by atoms with Gasteiger partial charge in [0.1, 0.15) is 0 Å². The summed E-state index contributed by atoms with van der Waals surface area (Å²) >= 11 is 0. The van der Waals surface area contributed by atoms with Crippen molar-refractivity contribution in [3.63, 3.8) is 0 Å². The van der Waals surface area contributed by atoms with E-state index >= 15 is 0 Å². The number of anilines is 1. The lowest BCUT2D eigenvalue weighted by Crippen LogP contribution is -2.44. The SMILES string of the molecule is CC(=O)N(N(C)C)S(=O)(=O)c1ccc(N)cc1. The molecule has 1 aromatic rings. The zero-order valence-corrected chi connectivity index (χ0v) is 10.7. The highest BCUT2D eigenvalue weighted by Gasteiger charge is 2.28. The van der Waals surface area contributed by atoms with Crippen LogP contribution in [0.15, 0.2) is 29.2 Å². The first-order chi connectivity index (χ1) is 7.76. The van der Waals surface area contributed by atoms with Crippen LogP contribution in [0.2, 0.25) is 0 Å². The highest BCUT2D eigenvalue weighted by molar-refractivity contribution is 7.89. The monoisotopic (exact) mass is 257 g/mol. The Morgan fingerprint density at radius 2 is 1.65 bits per heavy atom. The van der Waals surface area contributed by atoms with Crippen molar-refractivity contribution < 1.29 is 13.2 Å². The molecule has 2 N–H and O–H groups in total. The van der Waals surface area contributed by atoms with E-state index in [1.807, 2.05) is 0 Å². The van der Waals surface area contributed by atoms with E-state index in [-0.39, 0.29) is 4.90 Å². The van der Waals surface area contributed by atoms with E-state index in [0.717, 1.165) is 0 Å². The second kappa shape index (κ2) is 4.72. The van der Waals surface area contributed by atoms with Crippen LogP contribution in [0, 0.1) is 0 Å². The van der Waals surface area contributed by atoms with E-state index in [1.165, 1.54) is 50.3 Å². The van der Waals surface area contributed by atoms with Gasteiger partial charge in [-0.3, -0.25) is 4.79 Å². The predicted molar refractivity (Wildman–Crippen MR) is 64.2 cm³/mol. The zero-order valence-electron chi connectivity index (χ0n) is 9.91. The van der Waals surface area contributed by atoms with Crippen LogP contribution in [0.1, 0.15) is 6.92 Å². The fourth-order valence-corrected chi connectivity index (χ4v) is 2.85. The average Bonchev–Trinajstić information content (AvgIpc) is 2.16. The smallest absolute Gasteiger partial charge is 0.280 e. The predicted octanol–water partition coefficient (Wildman–Crippen LogP) is 0.283. The van der Waals surface area contributed by atoms with E-state index < -0.39 is 15.9 Å². The lowest BCUT2D eigenvalue weighted by atomic mass is 10.3. The molecule has 1 aromatic carbocycles. The number of carbonyl (C=O) groups excluding carboxylic acids is 1. The lowest BCUT2D eigenvalue weighted by molar-refractivity contribution is -0.132. The summed E-state index contributed by atoms with van der Waals surface area (Å²) in [6.45, 7) is 1.19. The van der Waals surface area contributed by atoms with Crippen molar-refractivity contribution in [2.24, 2.45) is 0 Å². The average molecular weight is 257 g/mol. The quantitative estimate of drug-likeness (QED) is 0.621. The van der Waals surface area contributed by atoms with Crippen LogP contribution < -0.4 is 5.73 Å². The molecular weight excluding hydrogens is 242 g/mol. The van der Waals surface area contributed by atoms with Gasteiger partial charge >= 0.3 is 0 Å². The summed E-state index contributed by atoms with van der Waals surface area (Å²) < 4.78 is 25.0. The molecule has 1 amide bonds. The topological polar surface area (TPSA) is 83.7 Å². The zero-order chi connectivity index (χ0) is 13.2. The first-order valence-electron chi connectivity index (χ1n) is 4.85. The van der Waals surface area contributed by atoms with Crippen molar-refractivity contribution in [1.82, 2.24) is 9.42 Å². The molecule has 0 aliphatic rings. The molecule has 1 rings (SSSR count). The molecule has 0 aromatic heterocycles. The van der Waals surface area contributed by atoms with Crippen molar-refractivity contribution in [3.8, 4) is 0 Å². The Labute approximate surface area is 101 Å². The van der Waals surface area contributed by atoms with Crippen molar-refractivity contribution in [3.05, 3.63) is 24.3 Å². The van der Waals surface area contributed by atoms with Gasteiger partial charge in [0, 0.05) is 26.7 Å². The molecule has 17 heavy (non-hydrogen) atoms. The number of nitrogens with zero attached hydrogens (tertiary/aromatic N) is 2. The van der Waals surface area contributed by atoms with Gasteiger partial charge in [-0.2, -0.15) is 12.8 Å². The summed E-state index contributed by atoms with van der Waals surface area (Å²) in [4.78, 5) is 11.4. The Hall–Kier alpha value is -1.60. The molecule has 0 saturated carbocycles. The largest absolute Gasteiger partial charge is 0.399 e. The van der Waals surface area contributed by atoms with Gasteiger partial charge in [0.15, 0.2) is 0 Å². The number of hydrogen-bond donors (Lipinski definition) is 1. The Morgan fingerprint density at radius 3 is 2.00 bits per heavy atom. The number of hydrogen-bond acceptors (Lipinski definition) is 5. The van der Waals surface area contributed by atoms with Crippen LogP contribution in [-0.2, 0) is 14.8 Å². The van der Waals surface area contributed by atoms with E-state index in [0.29, 0.717) is 10.1 Å². The highest BCUT2D eigenvalue weighted by atomic mass is 32.2. The third-order valence-corrected chi connectivity index (χ3v) is 3.95. The molecule has 0 atom stereocenters. The summed E-state index contributed by atoms with van der Waals surface area (Å²) in [5.41, 5.74) is 5.94. The van der Waals surface area contributed by atoms with Crippen molar-refractivity contribution >= 4 is 21.6 Å². The molecule has 6 nitrogen and oxygen atoms in total. The van der Waals surface area contributed by atoms with Crippen molar-refractivity contribution in [1.29, 1.82) is 0 Å². The second-order valence-corrected chi connectivity index (χ2v) is 5.45. The minimum absolute atomic E-state index is 0.0237. The maximum absolute atomic E-state index is 12.1. The molecular formula is C10H15N3O3S. The van der Waals surface area contributed by atoms with Gasteiger partial charge in [0.2, 0.25) is 5.91 Å². The summed E-state index contributed by atoms with van der Waals surface area (Å²) in [6.07, 6.45) is 0. The highest BCUT2D eigenvalue weighted by Crippen LogP contribution is 2.17. The van der Waals surface area contributed by atoms with E-state index in [1.54, 1.807) is 0 Å². The molecule has 0 bridgehead atoms. The molecule has 0 radical (unpaired) electrons. The van der Waals surface area contributed by atoms with Crippen LogP contribution in [0.3, 0.4) is 0 Å². The Kier molecular flexibility index (Phi) is 3.74. The molecule has 0 saturated heterocycles. The molecule has 0 aliphatic heterocycles. The lowest BCUT2D eigenvalue weighted by Gasteiger charge is -2.26. The number of hydrazine groups is 1. The van der Waals surface area contributed by atoms with Gasteiger partial charge in [0.25, 0.3) is 10.0 Å². The molecule has 0 fully saturated rings. The Balaban J connectivity index is 3.26. The van der Waals surface area contributed by atoms with Gasteiger partial charge in [-0.05, 0) is 24.3 Å². The molecule has 7 heteroatoms. The third-order valence-electron chi connectivity index (χ3n) is 2.04. The van der Waals surface area contributed by atoms with Gasteiger partial charge < -0.3 is 5.73 Å². The number of amides is 1. The van der Waals surface area contributed by atoms with Crippen LogP contribution in [-0.4, -0.2) is 37.8 Å². The number of sulfonamides is 1. The first-order valence-corrected chi connectivity index (χ1v) is 6.29. The van der Waals surface area contributed by atoms with E-state index in [4.69, 9.17) is 5.73 Å². The molecule has 0 unspecified atom stereocenters. The molecule has 0 spiro atoms. The Morgan fingerprint density at radius 1 is 1.18 bits per heavy atom. The van der Waals surface area contributed by atoms with Gasteiger partial charge in [-0.25, -0.2) is 5.01 Å². The van der Waals surface area contributed by atoms with Crippen LogP contribution in [0.25, 0.3) is 0 Å². The maximum atomic E-state index is 12.1. The number of nitrogens with two attached hydrogens (primary N) is 1. The molecule has 94 valence electrons. The third kappa shape index (κ3) is 2.75. The van der Waals surface area contributed by atoms with Gasteiger partial charge in [0.05, 0.1) is 4.90 Å². The number of rotatable bonds is 3. The van der Waals surface area contributed by atoms with Gasteiger partial charge in [-0.15, -0.1) is 0 Å². The van der Waals surface area contributed by atoms with Crippen LogP contribution in [0.5, 0.6) is 0 Å². The number of benzene rings is 1. The number of carbonyl (C=O) groups is 1. The number of nitrogen functional groups attached to an aromatic ring is 1. The van der Waals surface area contributed by atoms with Crippen molar-refractivity contribution in [2.45, 2.75) is 11.8 Å².